The van der Waals surface area contributed by atoms with Crippen LogP contribution < -0.4 is 5.32 Å². The predicted molar refractivity (Wildman–Crippen MR) is 82.8 cm³/mol. The summed E-state index contributed by atoms with van der Waals surface area (Å²) in [6.07, 6.45) is 0.849. The summed E-state index contributed by atoms with van der Waals surface area (Å²) in [6.45, 7) is 7.08. The quantitative estimate of drug-likeness (QED) is 0.873. The van der Waals surface area contributed by atoms with Crippen LogP contribution in [0.5, 0.6) is 0 Å². The van der Waals surface area contributed by atoms with Crippen molar-refractivity contribution in [1.82, 2.24) is 10.3 Å². The number of benzene rings is 1. The Morgan fingerprint density at radius 2 is 2.15 bits per heavy atom. The van der Waals surface area contributed by atoms with Crippen LogP contribution in [0.25, 0.3) is 0 Å². The molecule has 0 bridgehead atoms. The third kappa shape index (κ3) is 4.39. The van der Waals surface area contributed by atoms with E-state index in [4.69, 9.17) is 0 Å². The molecule has 2 aromatic rings. The van der Waals surface area contributed by atoms with Gasteiger partial charge in [-0.3, -0.25) is 0 Å². The molecule has 20 heavy (non-hydrogen) atoms. The van der Waals surface area contributed by atoms with Gasteiger partial charge in [0.2, 0.25) is 0 Å². The summed E-state index contributed by atoms with van der Waals surface area (Å²) in [4.78, 5) is 4.52. The maximum absolute atomic E-state index is 13.4. The van der Waals surface area contributed by atoms with Gasteiger partial charge in [-0.15, -0.1) is 11.3 Å². The number of aryl methyl sites for hydroxylation is 1. The topological polar surface area (TPSA) is 24.9 Å². The lowest BCUT2D eigenvalue weighted by Crippen LogP contribution is -2.29. The zero-order valence-corrected chi connectivity index (χ0v) is 13.0. The van der Waals surface area contributed by atoms with Crippen molar-refractivity contribution in [2.24, 2.45) is 0 Å². The molecule has 2 nitrogen and oxygen atoms in total. The summed E-state index contributed by atoms with van der Waals surface area (Å²) in [6, 6.07) is 7.32. The Morgan fingerprint density at radius 3 is 2.75 bits per heavy atom. The molecule has 0 aliphatic carbocycles. The van der Waals surface area contributed by atoms with Crippen LogP contribution in [-0.4, -0.2) is 17.6 Å². The Morgan fingerprint density at radius 1 is 1.35 bits per heavy atom. The van der Waals surface area contributed by atoms with Gasteiger partial charge in [-0.2, -0.15) is 0 Å². The van der Waals surface area contributed by atoms with E-state index in [1.165, 1.54) is 6.07 Å². The van der Waals surface area contributed by atoms with Gasteiger partial charge in [-0.25, -0.2) is 9.37 Å². The molecule has 0 aliphatic heterocycles. The summed E-state index contributed by atoms with van der Waals surface area (Å²) >= 11 is 1.68. The van der Waals surface area contributed by atoms with Crippen LogP contribution in [0.15, 0.2) is 29.6 Å². The van der Waals surface area contributed by atoms with Gasteiger partial charge < -0.3 is 5.32 Å². The average Bonchev–Trinajstić information content (AvgIpc) is 2.80. The summed E-state index contributed by atoms with van der Waals surface area (Å²) in [5.41, 5.74) is 2.09. The van der Waals surface area contributed by atoms with Crippen molar-refractivity contribution < 1.29 is 4.39 Å². The molecule has 0 saturated heterocycles. The van der Waals surface area contributed by atoms with Gasteiger partial charge in [-0.1, -0.05) is 26.0 Å². The number of thiazole rings is 1. The largest absolute Gasteiger partial charge is 0.314 e. The van der Waals surface area contributed by atoms with Crippen molar-refractivity contribution in [1.29, 1.82) is 0 Å². The lowest BCUT2D eigenvalue weighted by molar-refractivity contribution is 0.523. The van der Waals surface area contributed by atoms with E-state index in [0.717, 1.165) is 29.2 Å². The van der Waals surface area contributed by atoms with Crippen molar-refractivity contribution >= 4 is 11.3 Å². The third-order valence-electron chi connectivity index (χ3n) is 3.18. The smallest absolute Gasteiger partial charge is 0.123 e. The zero-order chi connectivity index (χ0) is 14.5. The Balaban J connectivity index is 2.15. The molecular formula is C16H21FN2S. The van der Waals surface area contributed by atoms with Gasteiger partial charge in [0, 0.05) is 36.0 Å². The number of nitrogens with zero attached hydrogens (tertiary/aromatic N) is 1. The SMILES string of the molecule is Cc1csc(CC(CNC(C)C)c2cccc(F)c2)n1. The maximum atomic E-state index is 13.4. The molecule has 1 heterocycles. The minimum atomic E-state index is -0.174. The van der Waals surface area contributed by atoms with Crippen LogP contribution in [0.1, 0.15) is 36.0 Å². The summed E-state index contributed by atoms with van der Waals surface area (Å²) in [5.74, 6) is 0.0750. The molecule has 2 rings (SSSR count). The molecule has 1 aromatic carbocycles. The predicted octanol–water partition coefficient (Wildman–Crippen LogP) is 3.91. The van der Waals surface area contributed by atoms with Crippen molar-refractivity contribution in [3.05, 3.63) is 51.7 Å². The van der Waals surface area contributed by atoms with Crippen LogP contribution >= 0.6 is 11.3 Å². The second-order valence-corrected chi connectivity index (χ2v) is 6.34. The molecule has 1 aromatic heterocycles. The maximum Gasteiger partial charge on any atom is 0.123 e. The number of nitrogens with one attached hydrogen (secondary N) is 1. The lowest BCUT2D eigenvalue weighted by Gasteiger charge is -2.19. The fourth-order valence-electron chi connectivity index (χ4n) is 2.15. The third-order valence-corrected chi connectivity index (χ3v) is 4.17. The molecule has 1 N–H and O–H groups in total. The van der Waals surface area contributed by atoms with E-state index in [1.54, 1.807) is 23.5 Å². The summed E-state index contributed by atoms with van der Waals surface area (Å²) in [7, 11) is 0. The molecule has 108 valence electrons. The highest BCUT2D eigenvalue weighted by Gasteiger charge is 2.15. The van der Waals surface area contributed by atoms with Crippen molar-refractivity contribution in [2.45, 2.75) is 39.2 Å². The molecule has 0 amide bonds. The molecule has 1 unspecified atom stereocenters. The first-order valence-corrected chi connectivity index (χ1v) is 7.82. The van der Waals surface area contributed by atoms with E-state index in [9.17, 15) is 4.39 Å². The van der Waals surface area contributed by atoms with Crippen molar-refractivity contribution in [3.8, 4) is 0 Å². The van der Waals surface area contributed by atoms with E-state index in [0.29, 0.717) is 6.04 Å². The zero-order valence-electron chi connectivity index (χ0n) is 12.2. The summed E-state index contributed by atoms with van der Waals surface area (Å²) in [5, 5.41) is 6.62. The van der Waals surface area contributed by atoms with E-state index >= 15 is 0 Å². The van der Waals surface area contributed by atoms with Crippen LogP contribution in [0.3, 0.4) is 0 Å². The first kappa shape index (κ1) is 15.1. The van der Waals surface area contributed by atoms with E-state index < -0.39 is 0 Å². The Labute approximate surface area is 124 Å². The van der Waals surface area contributed by atoms with Crippen molar-refractivity contribution in [2.75, 3.05) is 6.54 Å². The number of rotatable bonds is 6. The van der Waals surface area contributed by atoms with Gasteiger partial charge in [0.15, 0.2) is 0 Å². The van der Waals surface area contributed by atoms with Crippen LogP contribution in [0.2, 0.25) is 0 Å². The first-order chi connectivity index (χ1) is 9.54. The molecular weight excluding hydrogens is 271 g/mol. The summed E-state index contributed by atoms with van der Waals surface area (Å²) < 4.78 is 13.4. The van der Waals surface area contributed by atoms with Gasteiger partial charge >= 0.3 is 0 Å². The molecule has 4 heteroatoms. The fourth-order valence-corrected chi connectivity index (χ4v) is 3.01. The number of aromatic nitrogens is 1. The highest BCUT2D eigenvalue weighted by molar-refractivity contribution is 7.09. The highest BCUT2D eigenvalue weighted by atomic mass is 32.1. The van der Waals surface area contributed by atoms with E-state index in [1.807, 2.05) is 13.0 Å². The average molecular weight is 292 g/mol. The molecule has 0 aliphatic rings. The second kappa shape index (κ2) is 6.95. The van der Waals surface area contributed by atoms with Gasteiger partial charge in [0.1, 0.15) is 5.82 Å². The molecule has 0 fully saturated rings. The number of hydrogen-bond acceptors (Lipinski definition) is 3. The van der Waals surface area contributed by atoms with Crippen LogP contribution in [-0.2, 0) is 6.42 Å². The number of hydrogen-bond donors (Lipinski definition) is 1. The van der Waals surface area contributed by atoms with Gasteiger partial charge in [0.05, 0.1) is 5.01 Å². The molecule has 0 spiro atoms. The van der Waals surface area contributed by atoms with Gasteiger partial charge in [-0.05, 0) is 24.6 Å². The van der Waals surface area contributed by atoms with Gasteiger partial charge in [0.25, 0.3) is 0 Å². The standard InChI is InChI=1S/C16H21FN2S/c1-11(2)18-9-14(8-16-19-12(3)10-20-16)13-5-4-6-15(17)7-13/h4-7,10-11,14,18H,8-9H2,1-3H3. The normalized spacial score (nSPS) is 12.8. The van der Waals surface area contributed by atoms with E-state index in [2.05, 4.69) is 29.5 Å². The Kier molecular flexibility index (Phi) is 5.26. The fraction of sp³-hybridized carbons (Fsp3) is 0.438. The lowest BCUT2D eigenvalue weighted by atomic mass is 9.95. The van der Waals surface area contributed by atoms with E-state index in [-0.39, 0.29) is 11.7 Å². The Hall–Kier alpha value is -1.26. The highest BCUT2D eigenvalue weighted by Crippen LogP contribution is 2.23. The Bertz CT molecular complexity index is 551. The molecule has 1 atom stereocenters. The number of halogens is 1. The van der Waals surface area contributed by atoms with Crippen LogP contribution in [0, 0.1) is 12.7 Å². The molecule has 0 saturated carbocycles. The second-order valence-electron chi connectivity index (χ2n) is 5.40. The molecule has 0 radical (unpaired) electrons. The van der Waals surface area contributed by atoms with Crippen LogP contribution in [0.4, 0.5) is 4.39 Å². The van der Waals surface area contributed by atoms with Crippen molar-refractivity contribution in [3.63, 3.8) is 0 Å². The first-order valence-electron chi connectivity index (χ1n) is 6.94. The monoisotopic (exact) mass is 292 g/mol. The minimum absolute atomic E-state index is 0.174. The minimum Gasteiger partial charge on any atom is -0.314 e.